The van der Waals surface area contributed by atoms with E-state index in [1.165, 1.54) is 51.7 Å². The minimum Gasteiger partial charge on any atom is -0.379 e. The van der Waals surface area contributed by atoms with E-state index in [-0.39, 0.29) is 0 Å². The van der Waals surface area contributed by atoms with Gasteiger partial charge in [0.15, 0.2) is 0 Å². The molecule has 1 atom stereocenters. The van der Waals surface area contributed by atoms with Gasteiger partial charge in [-0.15, -0.1) is 0 Å². The van der Waals surface area contributed by atoms with Crippen LogP contribution in [0.15, 0.2) is 0 Å². The Kier molecular flexibility index (Phi) is 9.49. The fraction of sp³-hybridized carbons (Fsp3) is 1.00. The molecule has 3 nitrogen and oxygen atoms in total. The number of hydrogen-bond acceptors (Lipinski definition) is 3. The Morgan fingerprint density at radius 3 is 2.45 bits per heavy atom. The number of hydrogen-bond donors (Lipinski definition) is 1. The van der Waals surface area contributed by atoms with Crippen LogP contribution < -0.4 is 5.32 Å². The number of ether oxygens (including phenoxy) is 1. The van der Waals surface area contributed by atoms with Gasteiger partial charge < -0.3 is 15.0 Å². The summed E-state index contributed by atoms with van der Waals surface area (Å²) < 4.78 is 5.57. The molecule has 0 bridgehead atoms. The van der Waals surface area contributed by atoms with Crippen molar-refractivity contribution in [3.05, 3.63) is 0 Å². The summed E-state index contributed by atoms with van der Waals surface area (Å²) in [5.41, 5.74) is 0. The predicted molar refractivity (Wildman–Crippen MR) is 87.2 cm³/mol. The fourth-order valence-corrected chi connectivity index (χ4v) is 3.04. The zero-order chi connectivity index (χ0) is 14.8. The van der Waals surface area contributed by atoms with Crippen molar-refractivity contribution in [1.29, 1.82) is 0 Å². The third kappa shape index (κ3) is 7.61. The van der Waals surface area contributed by atoms with Crippen LogP contribution in [-0.4, -0.2) is 49.8 Å². The van der Waals surface area contributed by atoms with Gasteiger partial charge in [-0.25, -0.2) is 0 Å². The van der Waals surface area contributed by atoms with Crippen LogP contribution in [0.25, 0.3) is 0 Å². The zero-order valence-corrected chi connectivity index (χ0v) is 14.2. The Morgan fingerprint density at radius 1 is 1.15 bits per heavy atom. The van der Waals surface area contributed by atoms with Crippen molar-refractivity contribution < 1.29 is 4.74 Å². The number of nitrogens with one attached hydrogen (secondary N) is 1. The zero-order valence-electron chi connectivity index (χ0n) is 14.2. The van der Waals surface area contributed by atoms with Crippen molar-refractivity contribution in [3.8, 4) is 0 Å². The molecule has 0 aromatic heterocycles. The van der Waals surface area contributed by atoms with E-state index < -0.39 is 0 Å². The van der Waals surface area contributed by atoms with Crippen LogP contribution in [0.5, 0.6) is 0 Å². The Hall–Kier alpha value is -0.120. The highest BCUT2D eigenvalue weighted by Crippen LogP contribution is 2.20. The van der Waals surface area contributed by atoms with Gasteiger partial charge in [0.05, 0.1) is 6.10 Å². The first kappa shape index (κ1) is 17.9. The van der Waals surface area contributed by atoms with Crippen LogP contribution in [-0.2, 0) is 4.74 Å². The summed E-state index contributed by atoms with van der Waals surface area (Å²) >= 11 is 0. The number of nitrogens with zero attached hydrogens (tertiary/aromatic N) is 1. The van der Waals surface area contributed by atoms with Crippen LogP contribution in [0.2, 0.25) is 0 Å². The smallest absolute Gasteiger partial charge is 0.0518 e. The van der Waals surface area contributed by atoms with Crippen LogP contribution >= 0.6 is 0 Å². The molecule has 0 aliphatic carbocycles. The molecule has 0 aromatic carbocycles. The van der Waals surface area contributed by atoms with Crippen molar-refractivity contribution in [2.75, 3.05) is 32.8 Å². The van der Waals surface area contributed by atoms with Gasteiger partial charge in [-0.05, 0) is 85.0 Å². The maximum absolute atomic E-state index is 5.57. The second-order valence-electron chi connectivity index (χ2n) is 6.55. The second-order valence-corrected chi connectivity index (χ2v) is 6.55. The third-order valence-electron chi connectivity index (χ3n) is 4.37. The Morgan fingerprint density at radius 2 is 1.85 bits per heavy atom. The summed E-state index contributed by atoms with van der Waals surface area (Å²) in [6.45, 7) is 14.8. The fourth-order valence-electron chi connectivity index (χ4n) is 3.04. The number of rotatable bonds is 10. The maximum atomic E-state index is 5.57. The lowest BCUT2D eigenvalue weighted by Crippen LogP contribution is -2.42. The minimum absolute atomic E-state index is 0.371. The van der Waals surface area contributed by atoms with E-state index in [0.717, 1.165) is 19.1 Å². The lowest BCUT2D eigenvalue weighted by atomic mass is 9.90. The van der Waals surface area contributed by atoms with E-state index in [1.807, 2.05) is 0 Å². The van der Waals surface area contributed by atoms with E-state index in [2.05, 4.69) is 37.9 Å². The van der Waals surface area contributed by atoms with E-state index in [4.69, 9.17) is 4.74 Å². The molecule has 0 aromatic rings. The second kappa shape index (κ2) is 10.6. The predicted octanol–water partition coefficient (Wildman–Crippen LogP) is 3.29. The van der Waals surface area contributed by atoms with E-state index in [9.17, 15) is 0 Å². The lowest BCUT2D eigenvalue weighted by molar-refractivity contribution is 0.0757. The highest BCUT2D eigenvalue weighted by molar-refractivity contribution is 4.79. The van der Waals surface area contributed by atoms with Crippen LogP contribution in [0.4, 0.5) is 0 Å². The maximum Gasteiger partial charge on any atom is 0.0518 e. The van der Waals surface area contributed by atoms with Gasteiger partial charge in [0, 0.05) is 12.6 Å². The van der Waals surface area contributed by atoms with Gasteiger partial charge in [0.2, 0.25) is 0 Å². The first-order valence-electron chi connectivity index (χ1n) is 8.70. The Labute approximate surface area is 126 Å². The molecule has 1 rings (SSSR count). The first-order chi connectivity index (χ1) is 9.63. The summed E-state index contributed by atoms with van der Waals surface area (Å²) in [4.78, 5) is 2.62. The van der Waals surface area contributed by atoms with Gasteiger partial charge in [-0.2, -0.15) is 0 Å². The van der Waals surface area contributed by atoms with E-state index in [1.54, 1.807) is 0 Å². The molecule has 1 aliphatic rings. The molecule has 1 saturated heterocycles. The van der Waals surface area contributed by atoms with Crippen molar-refractivity contribution >= 4 is 0 Å². The monoisotopic (exact) mass is 284 g/mol. The van der Waals surface area contributed by atoms with Gasteiger partial charge in [0.1, 0.15) is 0 Å². The highest BCUT2D eigenvalue weighted by atomic mass is 16.5. The van der Waals surface area contributed by atoms with Crippen molar-refractivity contribution in [2.45, 2.75) is 71.9 Å². The molecule has 1 heterocycles. The highest BCUT2D eigenvalue weighted by Gasteiger charge is 2.22. The quantitative estimate of drug-likeness (QED) is 0.623. The Bertz CT molecular complexity index is 225. The minimum atomic E-state index is 0.371. The molecule has 1 unspecified atom stereocenters. The van der Waals surface area contributed by atoms with Crippen molar-refractivity contribution in [1.82, 2.24) is 10.2 Å². The lowest BCUT2D eigenvalue weighted by Gasteiger charge is -2.35. The molecule has 20 heavy (non-hydrogen) atoms. The van der Waals surface area contributed by atoms with E-state index in [0.29, 0.717) is 12.1 Å². The summed E-state index contributed by atoms with van der Waals surface area (Å²) in [5, 5.41) is 3.71. The molecular formula is C17H36N2O. The topological polar surface area (TPSA) is 24.5 Å². The van der Waals surface area contributed by atoms with Crippen molar-refractivity contribution in [2.24, 2.45) is 5.92 Å². The number of piperidine rings is 1. The summed E-state index contributed by atoms with van der Waals surface area (Å²) in [7, 11) is 0. The van der Waals surface area contributed by atoms with Gasteiger partial charge >= 0.3 is 0 Å². The molecule has 0 radical (unpaired) electrons. The summed E-state index contributed by atoms with van der Waals surface area (Å²) in [6.07, 6.45) is 6.79. The first-order valence-corrected chi connectivity index (χ1v) is 8.70. The van der Waals surface area contributed by atoms with Crippen LogP contribution in [0.1, 0.15) is 59.8 Å². The normalized spacial score (nSPS) is 19.6. The van der Waals surface area contributed by atoms with E-state index >= 15 is 0 Å². The largest absolute Gasteiger partial charge is 0.379 e. The molecule has 1 aliphatic heterocycles. The van der Waals surface area contributed by atoms with Crippen molar-refractivity contribution in [3.63, 3.8) is 0 Å². The molecule has 0 spiro atoms. The molecule has 1 N–H and O–H groups in total. The third-order valence-corrected chi connectivity index (χ3v) is 4.37. The molecule has 120 valence electrons. The van der Waals surface area contributed by atoms with Gasteiger partial charge in [0.25, 0.3) is 0 Å². The molecule has 1 fully saturated rings. The van der Waals surface area contributed by atoms with Crippen LogP contribution in [0, 0.1) is 5.92 Å². The molecule has 0 saturated carbocycles. The summed E-state index contributed by atoms with van der Waals surface area (Å²) in [5.74, 6) is 0.870. The average Bonchev–Trinajstić information content (AvgIpc) is 2.43. The molecular weight excluding hydrogens is 248 g/mol. The average molecular weight is 284 g/mol. The molecule has 0 amide bonds. The number of likely N-dealkylation sites (tertiary alicyclic amines) is 1. The van der Waals surface area contributed by atoms with Gasteiger partial charge in [-0.3, -0.25) is 0 Å². The summed E-state index contributed by atoms with van der Waals surface area (Å²) in [6, 6.07) is 0.671. The standard InChI is InChI=1S/C17H36N2O/c1-5-11-19-12-8-17(9-13-19)16(4)18-10-6-7-14-20-15(2)3/h15-18H,5-14H2,1-4H3. The van der Waals surface area contributed by atoms with Gasteiger partial charge in [-0.1, -0.05) is 6.92 Å². The SMILES string of the molecule is CCCN1CCC(C(C)NCCCCOC(C)C)CC1. The Balaban J connectivity index is 2.01. The van der Waals surface area contributed by atoms with Crippen LogP contribution in [0.3, 0.4) is 0 Å². The number of unbranched alkanes of at least 4 members (excludes halogenated alkanes) is 1. The molecule has 3 heteroatoms.